The fourth-order valence-corrected chi connectivity index (χ4v) is 2.70. The lowest BCUT2D eigenvalue weighted by Gasteiger charge is -2.31. The smallest absolute Gasteiger partial charge is 0.240 e. The predicted molar refractivity (Wildman–Crippen MR) is 79.0 cm³/mol. The third kappa shape index (κ3) is 3.39. The zero-order chi connectivity index (χ0) is 14.5. The van der Waals surface area contributed by atoms with E-state index in [9.17, 15) is 10.1 Å². The van der Waals surface area contributed by atoms with Gasteiger partial charge >= 0.3 is 0 Å². The summed E-state index contributed by atoms with van der Waals surface area (Å²) in [4.78, 5) is 14.3. The first-order valence-corrected chi connectivity index (χ1v) is 7.34. The van der Waals surface area contributed by atoms with E-state index in [1.807, 2.05) is 36.1 Å². The van der Waals surface area contributed by atoms with Crippen molar-refractivity contribution in [1.82, 2.24) is 4.90 Å². The summed E-state index contributed by atoms with van der Waals surface area (Å²) in [5.41, 5.74) is 2.24. The van der Waals surface area contributed by atoms with Gasteiger partial charge < -0.3 is 4.90 Å². The molecule has 3 heteroatoms. The number of carbonyl (C=O) groups excluding carboxylic acids is 1. The number of aryl methyl sites for hydroxylation is 1. The first-order chi connectivity index (χ1) is 9.61. The molecule has 106 valence electrons. The van der Waals surface area contributed by atoms with Gasteiger partial charge in [0.05, 0.1) is 6.07 Å². The summed E-state index contributed by atoms with van der Waals surface area (Å²) < 4.78 is 0. The molecule has 1 fully saturated rings. The van der Waals surface area contributed by atoms with Crippen molar-refractivity contribution in [3.8, 4) is 6.07 Å². The van der Waals surface area contributed by atoms with Crippen LogP contribution in [-0.4, -0.2) is 23.9 Å². The lowest BCUT2D eigenvalue weighted by molar-refractivity contribution is -0.135. The molecule has 1 aliphatic rings. The SMILES string of the molecule is Cc1ccccc1CC(C#N)C(=O)N1CCC(C)CC1. The Kier molecular flexibility index (Phi) is 4.79. The van der Waals surface area contributed by atoms with Crippen LogP contribution in [0.25, 0.3) is 0 Å². The Morgan fingerprint density at radius 2 is 2.05 bits per heavy atom. The molecule has 0 spiro atoms. The molecular weight excluding hydrogens is 248 g/mol. The maximum atomic E-state index is 12.5. The molecule has 2 rings (SSSR count). The second kappa shape index (κ2) is 6.56. The minimum Gasteiger partial charge on any atom is -0.342 e. The van der Waals surface area contributed by atoms with Crippen LogP contribution in [0.3, 0.4) is 0 Å². The molecule has 0 N–H and O–H groups in total. The molecule has 1 atom stereocenters. The lowest BCUT2D eigenvalue weighted by Crippen LogP contribution is -2.41. The molecule has 0 saturated carbocycles. The number of benzene rings is 1. The van der Waals surface area contributed by atoms with E-state index >= 15 is 0 Å². The van der Waals surface area contributed by atoms with Crippen molar-refractivity contribution < 1.29 is 4.79 Å². The van der Waals surface area contributed by atoms with E-state index in [-0.39, 0.29) is 5.91 Å². The Bertz CT molecular complexity index is 510. The van der Waals surface area contributed by atoms with Crippen molar-refractivity contribution in [3.63, 3.8) is 0 Å². The Morgan fingerprint density at radius 1 is 1.40 bits per heavy atom. The van der Waals surface area contributed by atoms with E-state index in [0.717, 1.165) is 37.1 Å². The number of carbonyl (C=O) groups is 1. The molecule has 0 bridgehead atoms. The number of hydrogen-bond acceptors (Lipinski definition) is 2. The minimum atomic E-state index is -0.551. The van der Waals surface area contributed by atoms with Gasteiger partial charge in [-0.2, -0.15) is 5.26 Å². The van der Waals surface area contributed by atoms with Gasteiger partial charge in [0.25, 0.3) is 0 Å². The second-order valence-electron chi connectivity index (χ2n) is 5.82. The molecule has 3 nitrogen and oxygen atoms in total. The number of likely N-dealkylation sites (tertiary alicyclic amines) is 1. The van der Waals surface area contributed by atoms with Crippen molar-refractivity contribution >= 4 is 5.91 Å². The summed E-state index contributed by atoms with van der Waals surface area (Å²) in [7, 11) is 0. The average molecular weight is 270 g/mol. The van der Waals surface area contributed by atoms with E-state index in [4.69, 9.17) is 0 Å². The topological polar surface area (TPSA) is 44.1 Å². The minimum absolute atomic E-state index is 0.00246. The van der Waals surface area contributed by atoms with Gasteiger partial charge in [-0.05, 0) is 43.2 Å². The van der Waals surface area contributed by atoms with Crippen molar-refractivity contribution in [1.29, 1.82) is 5.26 Å². The molecule has 1 aromatic rings. The Hall–Kier alpha value is -1.82. The highest BCUT2D eigenvalue weighted by molar-refractivity contribution is 5.81. The van der Waals surface area contributed by atoms with Crippen LogP contribution < -0.4 is 0 Å². The summed E-state index contributed by atoms with van der Waals surface area (Å²) >= 11 is 0. The first kappa shape index (κ1) is 14.6. The van der Waals surface area contributed by atoms with Gasteiger partial charge in [0, 0.05) is 13.1 Å². The van der Waals surface area contributed by atoms with Crippen LogP contribution in [0.4, 0.5) is 0 Å². The van der Waals surface area contributed by atoms with Crippen LogP contribution in [0.1, 0.15) is 30.9 Å². The van der Waals surface area contributed by atoms with Crippen molar-refractivity contribution in [2.24, 2.45) is 11.8 Å². The van der Waals surface area contributed by atoms with Crippen LogP contribution in [0.5, 0.6) is 0 Å². The second-order valence-corrected chi connectivity index (χ2v) is 5.82. The molecule has 20 heavy (non-hydrogen) atoms. The van der Waals surface area contributed by atoms with Crippen molar-refractivity contribution in [3.05, 3.63) is 35.4 Å². The standard InChI is InChI=1S/C17H22N2O/c1-13-7-9-19(10-8-13)17(20)16(12-18)11-15-6-4-3-5-14(15)2/h3-6,13,16H,7-11H2,1-2H3. The van der Waals surface area contributed by atoms with Gasteiger partial charge in [-0.3, -0.25) is 4.79 Å². The fraction of sp³-hybridized carbons (Fsp3) is 0.529. The maximum absolute atomic E-state index is 12.5. The normalized spacial score (nSPS) is 17.6. The first-order valence-electron chi connectivity index (χ1n) is 7.34. The molecule has 1 unspecified atom stereocenters. The van der Waals surface area contributed by atoms with Gasteiger partial charge in [-0.15, -0.1) is 0 Å². The Morgan fingerprint density at radius 3 is 2.65 bits per heavy atom. The Balaban J connectivity index is 2.03. The third-order valence-corrected chi connectivity index (χ3v) is 4.23. The molecule has 0 radical (unpaired) electrons. The number of nitrogens with zero attached hydrogens (tertiary/aromatic N) is 2. The monoisotopic (exact) mass is 270 g/mol. The van der Waals surface area contributed by atoms with Crippen molar-refractivity contribution in [2.75, 3.05) is 13.1 Å². The highest BCUT2D eigenvalue weighted by Crippen LogP contribution is 2.20. The average Bonchev–Trinajstić information content (AvgIpc) is 2.46. The summed E-state index contributed by atoms with van der Waals surface area (Å²) in [5.74, 6) is 0.142. The van der Waals surface area contributed by atoms with E-state index in [2.05, 4.69) is 13.0 Å². The van der Waals surface area contributed by atoms with Crippen LogP contribution in [0.15, 0.2) is 24.3 Å². The van der Waals surface area contributed by atoms with Crippen LogP contribution >= 0.6 is 0 Å². The number of amides is 1. The van der Waals surface area contributed by atoms with Gasteiger partial charge in [0.15, 0.2) is 0 Å². The van der Waals surface area contributed by atoms with E-state index in [1.54, 1.807) is 0 Å². The number of rotatable bonds is 3. The molecule has 0 aliphatic carbocycles. The van der Waals surface area contributed by atoms with Gasteiger partial charge in [0.1, 0.15) is 5.92 Å². The molecule has 0 aromatic heterocycles. The van der Waals surface area contributed by atoms with E-state index in [1.165, 1.54) is 0 Å². The van der Waals surface area contributed by atoms with E-state index < -0.39 is 5.92 Å². The highest BCUT2D eigenvalue weighted by atomic mass is 16.2. The molecule has 1 aliphatic heterocycles. The number of piperidine rings is 1. The lowest BCUT2D eigenvalue weighted by atomic mass is 9.94. The summed E-state index contributed by atoms with van der Waals surface area (Å²) in [6, 6.07) is 10.2. The Labute approximate surface area is 121 Å². The van der Waals surface area contributed by atoms with Crippen LogP contribution in [0, 0.1) is 30.1 Å². The zero-order valence-corrected chi connectivity index (χ0v) is 12.3. The molecule has 1 heterocycles. The summed E-state index contributed by atoms with van der Waals surface area (Å²) in [6.07, 6.45) is 2.62. The molecule has 1 saturated heterocycles. The summed E-state index contributed by atoms with van der Waals surface area (Å²) in [5, 5.41) is 9.33. The molecule has 1 amide bonds. The zero-order valence-electron chi connectivity index (χ0n) is 12.3. The van der Waals surface area contributed by atoms with Crippen LogP contribution in [-0.2, 0) is 11.2 Å². The predicted octanol–water partition coefficient (Wildman–Crippen LogP) is 2.94. The molecular formula is C17H22N2O. The third-order valence-electron chi connectivity index (χ3n) is 4.23. The number of nitriles is 1. The van der Waals surface area contributed by atoms with Crippen LogP contribution in [0.2, 0.25) is 0 Å². The maximum Gasteiger partial charge on any atom is 0.240 e. The van der Waals surface area contributed by atoms with Gasteiger partial charge in [-0.25, -0.2) is 0 Å². The fourth-order valence-electron chi connectivity index (χ4n) is 2.70. The van der Waals surface area contributed by atoms with Gasteiger partial charge in [-0.1, -0.05) is 31.2 Å². The quantitative estimate of drug-likeness (QED) is 0.847. The van der Waals surface area contributed by atoms with E-state index in [0.29, 0.717) is 12.3 Å². The molecule has 1 aromatic carbocycles. The largest absolute Gasteiger partial charge is 0.342 e. The highest BCUT2D eigenvalue weighted by Gasteiger charge is 2.27. The number of hydrogen-bond donors (Lipinski definition) is 0. The van der Waals surface area contributed by atoms with Gasteiger partial charge in [0.2, 0.25) is 5.91 Å². The van der Waals surface area contributed by atoms with Crippen molar-refractivity contribution in [2.45, 2.75) is 33.1 Å². The summed E-state index contributed by atoms with van der Waals surface area (Å²) in [6.45, 7) is 5.84.